The second-order valence-electron chi connectivity index (χ2n) is 7.83. The van der Waals surface area contributed by atoms with Crippen molar-refractivity contribution in [1.29, 1.82) is 0 Å². The quantitative estimate of drug-likeness (QED) is 0.351. The molecule has 0 aliphatic rings. The normalized spacial score (nSPS) is 11.8. The fourth-order valence-electron chi connectivity index (χ4n) is 3.36. The average molecular weight is 410 g/mol. The molecule has 0 spiro atoms. The van der Waals surface area contributed by atoms with Crippen molar-refractivity contribution in [3.05, 3.63) is 76.7 Å². The zero-order valence-corrected chi connectivity index (χ0v) is 19.2. The number of allylic oxidation sites excluding steroid dienone is 2. The van der Waals surface area contributed by atoms with Crippen LogP contribution >= 0.6 is 0 Å². The summed E-state index contributed by atoms with van der Waals surface area (Å²) in [6, 6.07) is 16.6. The molecular formula is C26H35NO3. The fraction of sp³-hybridized carbons (Fsp3) is 0.423. The van der Waals surface area contributed by atoms with Gasteiger partial charge in [0.1, 0.15) is 5.75 Å². The third-order valence-corrected chi connectivity index (χ3v) is 5.32. The Morgan fingerprint density at radius 3 is 2.07 bits per heavy atom. The van der Waals surface area contributed by atoms with E-state index < -0.39 is 0 Å². The van der Waals surface area contributed by atoms with Gasteiger partial charge in [-0.05, 0) is 48.6 Å². The Kier molecular flexibility index (Phi) is 8.97. The second-order valence-corrected chi connectivity index (χ2v) is 7.83. The lowest BCUT2D eigenvalue weighted by Crippen LogP contribution is -2.24. The largest absolute Gasteiger partial charge is 0.497 e. The van der Waals surface area contributed by atoms with Crippen molar-refractivity contribution in [3.63, 3.8) is 0 Å². The first-order valence-corrected chi connectivity index (χ1v) is 10.7. The number of carbonyl (C=O) groups is 1. The van der Waals surface area contributed by atoms with Crippen molar-refractivity contribution in [3.8, 4) is 5.75 Å². The predicted octanol–water partition coefficient (Wildman–Crippen LogP) is 5.72. The van der Waals surface area contributed by atoms with Crippen LogP contribution in [-0.4, -0.2) is 30.9 Å². The molecule has 0 aromatic heterocycles. The van der Waals surface area contributed by atoms with E-state index >= 15 is 0 Å². The maximum absolute atomic E-state index is 12.3. The van der Waals surface area contributed by atoms with Crippen LogP contribution in [0, 0.1) is 0 Å². The first-order chi connectivity index (χ1) is 14.3. The molecule has 0 atom stereocenters. The van der Waals surface area contributed by atoms with E-state index in [1.165, 1.54) is 11.1 Å². The number of hydrogen-bond acceptors (Lipinski definition) is 4. The van der Waals surface area contributed by atoms with Crippen LogP contribution in [0.5, 0.6) is 5.75 Å². The number of Topliss-reactive ketones (excluding diaryl/α,β-unsaturated/α-hetero) is 1. The minimum absolute atomic E-state index is 0.0455. The third kappa shape index (κ3) is 6.65. The van der Waals surface area contributed by atoms with Crippen LogP contribution in [0.4, 0.5) is 0 Å². The Balaban J connectivity index is 2.06. The van der Waals surface area contributed by atoms with Gasteiger partial charge in [0.05, 0.1) is 19.4 Å². The molecular weight excluding hydrogens is 374 g/mol. The van der Waals surface area contributed by atoms with Gasteiger partial charge in [0.25, 0.3) is 0 Å². The topological polar surface area (TPSA) is 38.8 Å². The van der Waals surface area contributed by atoms with E-state index in [0.29, 0.717) is 18.3 Å². The summed E-state index contributed by atoms with van der Waals surface area (Å²) in [5, 5.41) is 0. The lowest BCUT2D eigenvalue weighted by Gasteiger charge is -2.26. The van der Waals surface area contributed by atoms with Crippen LogP contribution in [0.25, 0.3) is 0 Å². The highest BCUT2D eigenvalue weighted by Gasteiger charge is 2.16. The molecule has 4 nitrogen and oxygen atoms in total. The Morgan fingerprint density at radius 1 is 0.967 bits per heavy atom. The van der Waals surface area contributed by atoms with Crippen LogP contribution in [0.1, 0.15) is 57.2 Å². The van der Waals surface area contributed by atoms with E-state index in [1.807, 2.05) is 31.2 Å². The lowest BCUT2D eigenvalue weighted by molar-refractivity contribution is -0.117. The zero-order valence-electron chi connectivity index (χ0n) is 19.2. The summed E-state index contributed by atoms with van der Waals surface area (Å²) in [5.41, 5.74) is 4.59. The van der Waals surface area contributed by atoms with Crippen molar-refractivity contribution < 1.29 is 14.3 Å². The molecule has 162 valence electrons. The summed E-state index contributed by atoms with van der Waals surface area (Å²) < 4.78 is 11.1. The van der Waals surface area contributed by atoms with E-state index in [1.54, 1.807) is 14.0 Å². The zero-order chi connectivity index (χ0) is 22.1. The first kappa shape index (κ1) is 23.5. The monoisotopic (exact) mass is 409 g/mol. The molecule has 30 heavy (non-hydrogen) atoms. The molecule has 0 saturated heterocycles. The van der Waals surface area contributed by atoms with Crippen molar-refractivity contribution in [2.45, 2.75) is 53.5 Å². The smallest absolute Gasteiger partial charge is 0.196 e. The number of ketones is 1. The molecule has 2 aromatic rings. The average Bonchev–Trinajstić information content (AvgIpc) is 2.75. The van der Waals surface area contributed by atoms with E-state index in [9.17, 15) is 4.79 Å². The Bertz CT molecular complexity index is 836. The summed E-state index contributed by atoms with van der Waals surface area (Å²) in [6.45, 7) is 12.0. The van der Waals surface area contributed by atoms with Gasteiger partial charge in [-0.15, -0.1) is 0 Å². The van der Waals surface area contributed by atoms with Crippen molar-refractivity contribution in [2.24, 2.45) is 0 Å². The molecule has 0 radical (unpaired) electrons. The number of rotatable bonds is 11. The van der Waals surface area contributed by atoms with Gasteiger partial charge < -0.3 is 14.4 Å². The standard InChI is InChI=1S/C26H35NO3/c1-7-27(18-23-8-12-24(13-9-23)19(2)3)20(4)26(21(5)28)30-17-16-22-10-14-25(29-6)15-11-22/h8-15,19H,7,16-18H2,1-6H3/b26-20-. The summed E-state index contributed by atoms with van der Waals surface area (Å²) in [5.74, 6) is 1.76. The number of carbonyl (C=O) groups excluding carboxylic acids is 1. The van der Waals surface area contributed by atoms with E-state index in [-0.39, 0.29) is 5.78 Å². The highest BCUT2D eigenvalue weighted by atomic mass is 16.5. The van der Waals surface area contributed by atoms with Crippen LogP contribution < -0.4 is 4.74 Å². The Hall–Kier alpha value is -2.75. The van der Waals surface area contributed by atoms with Gasteiger partial charge >= 0.3 is 0 Å². The highest BCUT2D eigenvalue weighted by molar-refractivity contribution is 5.91. The number of ether oxygens (including phenoxy) is 2. The Labute approximate surface area is 181 Å². The van der Waals surface area contributed by atoms with Gasteiger partial charge in [-0.3, -0.25) is 4.79 Å². The first-order valence-electron chi connectivity index (χ1n) is 10.7. The molecule has 0 heterocycles. The van der Waals surface area contributed by atoms with Crippen LogP contribution in [-0.2, 0) is 22.5 Å². The van der Waals surface area contributed by atoms with Crippen LogP contribution in [0.2, 0.25) is 0 Å². The minimum atomic E-state index is -0.0455. The Morgan fingerprint density at radius 2 is 1.57 bits per heavy atom. The number of methoxy groups -OCH3 is 1. The molecule has 0 unspecified atom stereocenters. The summed E-state index contributed by atoms with van der Waals surface area (Å²) in [6.07, 6.45) is 0.733. The van der Waals surface area contributed by atoms with Gasteiger partial charge in [0.2, 0.25) is 0 Å². The van der Waals surface area contributed by atoms with E-state index in [2.05, 4.69) is 49.9 Å². The van der Waals surface area contributed by atoms with Crippen molar-refractivity contribution in [2.75, 3.05) is 20.3 Å². The van der Waals surface area contributed by atoms with E-state index in [0.717, 1.165) is 36.5 Å². The van der Waals surface area contributed by atoms with Crippen LogP contribution in [0.15, 0.2) is 60.0 Å². The number of hydrogen-bond donors (Lipinski definition) is 0. The van der Waals surface area contributed by atoms with Gasteiger partial charge in [0, 0.05) is 26.4 Å². The fourth-order valence-corrected chi connectivity index (χ4v) is 3.36. The molecule has 2 rings (SSSR count). The lowest BCUT2D eigenvalue weighted by atomic mass is 10.0. The third-order valence-electron chi connectivity index (χ3n) is 5.32. The molecule has 4 heteroatoms. The molecule has 0 N–H and O–H groups in total. The van der Waals surface area contributed by atoms with Gasteiger partial charge in [-0.2, -0.15) is 0 Å². The SMILES string of the molecule is CCN(Cc1ccc(C(C)C)cc1)/C(C)=C(\OCCc1ccc(OC)cc1)C(C)=O. The number of nitrogens with zero attached hydrogens (tertiary/aromatic N) is 1. The molecule has 0 fully saturated rings. The number of benzene rings is 2. The molecule has 0 saturated carbocycles. The van der Waals surface area contributed by atoms with Crippen molar-refractivity contribution >= 4 is 5.78 Å². The summed E-state index contributed by atoms with van der Waals surface area (Å²) in [4.78, 5) is 14.5. The molecule has 0 amide bonds. The molecule has 2 aromatic carbocycles. The highest BCUT2D eigenvalue weighted by Crippen LogP contribution is 2.20. The minimum Gasteiger partial charge on any atom is -0.497 e. The molecule has 0 bridgehead atoms. The maximum atomic E-state index is 12.3. The van der Waals surface area contributed by atoms with Gasteiger partial charge in [-0.1, -0.05) is 50.2 Å². The van der Waals surface area contributed by atoms with Crippen LogP contribution in [0.3, 0.4) is 0 Å². The summed E-state index contributed by atoms with van der Waals surface area (Å²) in [7, 11) is 1.66. The molecule has 0 aliphatic heterocycles. The van der Waals surface area contributed by atoms with E-state index in [4.69, 9.17) is 9.47 Å². The second kappa shape index (κ2) is 11.4. The van der Waals surface area contributed by atoms with Crippen molar-refractivity contribution in [1.82, 2.24) is 4.90 Å². The maximum Gasteiger partial charge on any atom is 0.196 e. The predicted molar refractivity (Wildman–Crippen MR) is 123 cm³/mol. The van der Waals surface area contributed by atoms with Gasteiger partial charge in [-0.25, -0.2) is 0 Å². The summed E-state index contributed by atoms with van der Waals surface area (Å²) >= 11 is 0. The van der Waals surface area contributed by atoms with Gasteiger partial charge in [0.15, 0.2) is 11.5 Å². The molecule has 0 aliphatic carbocycles.